The Labute approximate surface area is 253 Å². The van der Waals surface area contributed by atoms with Crippen molar-refractivity contribution < 1.29 is 14.6 Å². The van der Waals surface area contributed by atoms with Crippen molar-refractivity contribution in [2.45, 2.75) is 157 Å². The number of hydrogen-bond acceptors (Lipinski definition) is 3. The van der Waals surface area contributed by atoms with E-state index in [-0.39, 0.29) is 12.4 Å². The first kappa shape index (κ1) is 32.8. The number of allylic oxidation sites excluding steroid dienone is 3. The molecule has 3 saturated carbocycles. The maximum atomic E-state index is 12.0. The third kappa shape index (κ3) is 7.71. The summed E-state index contributed by atoms with van der Waals surface area (Å²) in [6, 6.07) is 0. The molecule has 3 heteroatoms. The normalized spacial score (nSPS) is 36.8. The number of ether oxygens (including phenoxy) is 1. The van der Waals surface area contributed by atoms with Gasteiger partial charge in [-0.25, -0.2) is 0 Å². The summed E-state index contributed by atoms with van der Waals surface area (Å²) >= 11 is 0. The second kappa shape index (κ2) is 13.3. The van der Waals surface area contributed by atoms with Gasteiger partial charge in [-0.2, -0.15) is 0 Å². The number of carbonyl (C=O) groups excluding carboxylic acids is 1. The van der Waals surface area contributed by atoms with Crippen molar-refractivity contribution in [3.05, 3.63) is 23.8 Å². The van der Waals surface area contributed by atoms with Crippen LogP contribution in [-0.2, 0) is 9.53 Å². The molecule has 234 valence electrons. The summed E-state index contributed by atoms with van der Waals surface area (Å²) in [5.74, 6) is 5.76. The van der Waals surface area contributed by atoms with Gasteiger partial charge in [-0.1, -0.05) is 77.7 Å². The minimum atomic E-state index is -0.663. The number of carbonyl (C=O) groups is 1. The van der Waals surface area contributed by atoms with Crippen LogP contribution in [0.2, 0.25) is 0 Å². The van der Waals surface area contributed by atoms with E-state index in [1.165, 1.54) is 70.6 Å². The van der Waals surface area contributed by atoms with E-state index in [9.17, 15) is 9.90 Å². The van der Waals surface area contributed by atoms with Gasteiger partial charge in [0.1, 0.15) is 5.60 Å². The average Bonchev–Trinajstić information content (AvgIpc) is 3.22. The number of aliphatic hydroxyl groups excluding tert-OH is 1. The summed E-state index contributed by atoms with van der Waals surface area (Å²) in [6.07, 6.45) is 23.4. The first-order valence-corrected chi connectivity index (χ1v) is 17.5. The lowest BCUT2D eigenvalue weighted by atomic mass is 9.46. The molecule has 0 heterocycles. The zero-order valence-electron chi connectivity index (χ0n) is 28.0. The molecule has 0 amide bonds. The lowest BCUT2D eigenvalue weighted by molar-refractivity contribution is -0.156. The van der Waals surface area contributed by atoms with Gasteiger partial charge >= 0.3 is 5.97 Å². The van der Waals surface area contributed by atoms with Crippen LogP contribution in [0.3, 0.4) is 0 Å². The minimum absolute atomic E-state index is 0.0661. The van der Waals surface area contributed by atoms with Gasteiger partial charge in [-0.05, 0) is 137 Å². The van der Waals surface area contributed by atoms with Gasteiger partial charge < -0.3 is 9.84 Å². The number of aliphatic hydroxyl groups is 1. The van der Waals surface area contributed by atoms with E-state index >= 15 is 0 Å². The van der Waals surface area contributed by atoms with Gasteiger partial charge in [0.15, 0.2) is 0 Å². The van der Waals surface area contributed by atoms with Crippen LogP contribution in [0.15, 0.2) is 23.8 Å². The lowest BCUT2D eigenvalue weighted by Gasteiger charge is -2.58. The van der Waals surface area contributed by atoms with Crippen molar-refractivity contribution in [1.29, 1.82) is 0 Å². The molecule has 4 unspecified atom stereocenters. The Bertz CT molecular complexity index is 940. The SMILES string of the molecule is CC(C)CCC[C@@H](C)[C@H]1CCC2C3CC=C4C[C@@H](C/C=C/CC(O)CC(=O)OC(C)(C)C)CC[C@]4(C)C3CC[C@@]21C. The van der Waals surface area contributed by atoms with Crippen molar-refractivity contribution >= 4 is 5.97 Å². The fraction of sp³-hybridized carbons (Fsp3) is 0.868. The molecule has 0 saturated heterocycles. The summed E-state index contributed by atoms with van der Waals surface area (Å²) < 4.78 is 5.34. The molecule has 0 aromatic carbocycles. The highest BCUT2D eigenvalue weighted by atomic mass is 16.6. The standard InChI is InChI=1S/C38H64O3/c1-26(2)12-11-13-27(3)32-18-19-33-31-17-16-29-24-28(20-22-37(29,7)34(31)21-23-38(32,33)8)14-9-10-15-30(39)25-35(40)41-36(4,5)6/h9-10,16,26-28,30-34,39H,11-15,17-25H2,1-8H3/b10-9+/t27-,28+,30?,31?,32-,33?,34?,37+,38-/m1/s1. The zero-order chi connectivity index (χ0) is 30.0. The number of esters is 1. The van der Waals surface area contributed by atoms with Crippen molar-refractivity contribution in [3.8, 4) is 0 Å². The molecule has 0 radical (unpaired) electrons. The van der Waals surface area contributed by atoms with Crippen LogP contribution in [0, 0.1) is 52.3 Å². The number of fused-ring (bicyclic) bond motifs is 5. The summed E-state index contributed by atoms with van der Waals surface area (Å²) in [6.45, 7) is 18.3. The Morgan fingerprint density at radius 2 is 1.80 bits per heavy atom. The molecule has 9 atom stereocenters. The van der Waals surface area contributed by atoms with E-state index in [2.05, 4.69) is 52.8 Å². The van der Waals surface area contributed by atoms with Crippen LogP contribution in [0.4, 0.5) is 0 Å². The summed E-state index contributed by atoms with van der Waals surface area (Å²) in [5.41, 5.74) is 2.25. The Morgan fingerprint density at radius 3 is 2.51 bits per heavy atom. The van der Waals surface area contributed by atoms with Crippen molar-refractivity contribution in [2.24, 2.45) is 52.3 Å². The van der Waals surface area contributed by atoms with Gasteiger partial charge in [0.25, 0.3) is 0 Å². The minimum Gasteiger partial charge on any atom is -0.460 e. The molecule has 41 heavy (non-hydrogen) atoms. The Balaban J connectivity index is 1.30. The average molecular weight is 569 g/mol. The Morgan fingerprint density at radius 1 is 1.05 bits per heavy atom. The van der Waals surface area contributed by atoms with E-state index in [1.54, 1.807) is 5.57 Å². The summed E-state index contributed by atoms with van der Waals surface area (Å²) in [4.78, 5) is 12.0. The molecule has 3 fully saturated rings. The molecule has 1 N–H and O–H groups in total. The van der Waals surface area contributed by atoms with Crippen LogP contribution >= 0.6 is 0 Å². The van der Waals surface area contributed by atoms with Gasteiger partial charge in [0.05, 0.1) is 12.5 Å². The van der Waals surface area contributed by atoms with Crippen LogP contribution < -0.4 is 0 Å². The number of hydrogen-bond donors (Lipinski definition) is 1. The van der Waals surface area contributed by atoms with Crippen LogP contribution in [0.1, 0.15) is 145 Å². The van der Waals surface area contributed by atoms with Crippen molar-refractivity contribution in [1.82, 2.24) is 0 Å². The van der Waals surface area contributed by atoms with Crippen molar-refractivity contribution in [3.63, 3.8) is 0 Å². The third-order valence-electron chi connectivity index (χ3n) is 12.3. The van der Waals surface area contributed by atoms with Gasteiger partial charge in [0.2, 0.25) is 0 Å². The van der Waals surface area contributed by atoms with Gasteiger partial charge in [0, 0.05) is 0 Å². The third-order valence-corrected chi connectivity index (χ3v) is 12.3. The largest absolute Gasteiger partial charge is 0.460 e. The molecule has 0 aromatic heterocycles. The second-order valence-corrected chi connectivity index (χ2v) is 16.8. The molecule has 0 aliphatic heterocycles. The first-order valence-electron chi connectivity index (χ1n) is 17.5. The first-order chi connectivity index (χ1) is 19.2. The molecular weight excluding hydrogens is 504 g/mol. The molecular formula is C38H64O3. The lowest BCUT2D eigenvalue weighted by Crippen LogP contribution is -2.50. The van der Waals surface area contributed by atoms with Crippen molar-refractivity contribution in [2.75, 3.05) is 0 Å². The molecule has 0 bridgehead atoms. The van der Waals surface area contributed by atoms with E-state index in [0.717, 1.165) is 41.9 Å². The zero-order valence-corrected chi connectivity index (χ0v) is 28.0. The quantitative estimate of drug-likeness (QED) is 0.199. The molecule has 0 spiro atoms. The van der Waals surface area contributed by atoms with E-state index in [1.807, 2.05) is 20.8 Å². The maximum absolute atomic E-state index is 12.0. The number of rotatable bonds is 11. The molecule has 3 nitrogen and oxygen atoms in total. The smallest absolute Gasteiger partial charge is 0.308 e. The van der Waals surface area contributed by atoms with E-state index < -0.39 is 11.7 Å². The molecule has 4 aliphatic carbocycles. The second-order valence-electron chi connectivity index (χ2n) is 16.8. The Kier molecular flexibility index (Phi) is 10.6. The molecule has 4 rings (SSSR count). The molecule has 4 aliphatic rings. The highest BCUT2D eigenvalue weighted by Gasteiger charge is 2.59. The highest BCUT2D eigenvalue weighted by Crippen LogP contribution is 2.67. The monoisotopic (exact) mass is 568 g/mol. The summed E-state index contributed by atoms with van der Waals surface area (Å²) in [5, 5.41) is 10.3. The predicted molar refractivity (Wildman–Crippen MR) is 171 cm³/mol. The van der Waals surface area contributed by atoms with Gasteiger partial charge in [-0.3, -0.25) is 4.79 Å². The maximum Gasteiger partial charge on any atom is 0.308 e. The van der Waals surface area contributed by atoms with Gasteiger partial charge in [-0.15, -0.1) is 0 Å². The summed E-state index contributed by atoms with van der Waals surface area (Å²) in [7, 11) is 0. The van der Waals surface area contributed by atoms with Crippen LogP contribution in [0.25, 0.3) is 0 Å². The molecule has 0 aromatic rings. The predicted octanol–water partition coefficient (Wildman–Crippen LogP) is 10.1. The highest BCUT2D eigenvalue weighted by molar-refractivity contribution is 5.70. The van der Waals surface area contributed by atoms with E-state index in [0.29, 0.717) is 23.2 Å². The fourth-order valence-corrected chi connectivity index (χ4v) is 10.2. The Hall–Kier alpha value is -1.09. The van der Waals surface area contributed by atoms with Crippen LogP contribution in [0.5, 0.6) is 0 Å². The van der Waals surface area contributed by atoms with Crippen LogP contribution in [-0.4, -0.2) is 22.8 Å². The topological polar surface area (TPSA) is 46.5 Å². The van der Waals surface area contributed by atoms with E-state index in [4.69, 9.17) is 4.74 Å². The fourth-order valence-electron chi connectivity index (χ4n) is 10.2.